The number of hydrogen-bond donors (Lipinski definition) is 0. The molecule has 1 unspecified atom stereocenters. The van der Waals surface area contributed by atoms with Crippen molar-refractivity contribution in [1.82, 2.24) is 9.80 Å². The molecule has 0 aliphatic carbocycles. The maximum absolute atomic E-state index is 6.07. The first-order chi connectivity index (χ1) is 10.4. The zero-order chi connectivity index (χ0) is 16.3. The molecule has 2 rings (SSSR count). The van der Waals surface area contributed by atoms with Crippen LogP contribution in [0.25, 0.3) is 0 Å². The van der Waals surface area contributed by atoms with Crippen LogP contribution in [0, 0.1) is 0 Å². The molecule has 2 aliphatic heterocycles. The van der Waals surface area contributed by atoms with Crippen LogP contribution in [0.3, 0.4) is 0 Å². The van der Waals surface area contributed by atoms with Crippen LogP contribution in [0.5, 0.6) is 0 Å². The van der Waals surface area contributed by atoms with Gasteiger partial charge in [0.1, 0.15) is 0 Å². The van der Waals surface area contributed by atoms with Crippen molar-refractivity contribution in [1.29, 1.82) is 0 Å². The predicted octanol–water partition coefficient (Wildman–Crippen LogP) is 2.76. The van der Waals surface area contributed by atoms with Crippen molar-refractivity contribution in [3.05, 3.63) is 0 Å². The number of nitrogens with zero attached hydrogens (tertiary/aromatic N) is 2. The molecule has 4 nitrogen and oxygen atoms in total. The second kappa shape index (κ2) is 8.09. The first kappa shape index (κ1) is 18.2. The number of ether oxygens (including phenoxy) is 2. The molecule has 2 fully saturated rings. The molecule has 0 saturated carbocycles. The van der Waals surface area contributed by atoms with Gasteiger partial charge in [-0.25, -0.2) is 0 Å². The van der Waals surface area contributed by atoms with Crippen molar-refractivity contribution in [2.45, 2.75) is 90.8 Å². The SMILES string of the molecule is CC(C)N1C[C@H](CCC(C)N2C[C@@H](C)OC[C@@H]2C)OC[C@H]1C. The van der Waals surface area contributed by atoms with E-state index in [0.717, 1.165) is 32.7 Å². The smallest absolute Gasteiger partial charge is 0.0703 e. The molecule has 0 N–H and O–H groups in total. The van der Waals surface area contributed by atoms with E-state index in [-0.39, 0.29) is 0 Å². The standard InChI is InChI=1S/C18H36N2O2/c1-13(2)19-10-18(22-12-15(19)4)8-7-14(3)20-9-17(6)21-11-16(20)5/h13-18H,7-12H2,1-6H3/t14?,15-,16+,17-,18+/m1/s1. The summed E-state index contributed by atoms with van der Waals surface area (Å²) in [5, 5.41) is 0. The molecular weight excluding hydrogens is 276 g/mol. The van der Waals surface area contributed by atoms with Crippen molar-refractivity contribution in [3.63, 3.8) is 0 Å². The van der Waals surface area contributed by atoms with E-state index in [0.29, 0.717) is 36.4 Å². The highest BCUT2D eigenvalue weighted by atomic mass is 16.5. The maximum Gasteiger partial charge on any atom is 0.0703 e. The molecular formula is C18H36N2O2. The lowest BCUT2D eigenvalue weighted by Gasteiger charge is -2.43. The zero-order valence-electron chi connectivity index (χ0n) is 15.4. The second-order valence-electron chi connectivity index (χ2n) is 7.71. The average Bonchev–Trinajstić information content (AvgIpc) is 2.48. The number of rotatable bonds is 5. The summed E-state index contributed by atoms with van der Waals surface area (Å²) in [6.45, 7) is 17.6. The van der Waals surface area contributed by atoms with Gasteiger partial charge in [0.15, 0.2) is 0 Å². The van der Waals surface area contributed by atoms with Crippen LogP contribution < -0.4 is 0 Å². The van der Waals surface area contributed by atoms with Gasteiger partial charge in [0.2, 0.25) is 0 Å². The topological polar surface area (TPSA) is 24.9 Å². The van der Waals surface area contributed by atoms with Gasteiger partial charge in [-0.2, -0.15) is 0 Å². The summed E-state index contributed by atoms with van der Waals surface area (Å²) in [4.78, 5) is 5.19. The van der Waals surface area contributed by atoms with Gasteiger partial charge in [-0.1, -0.05) is 0 Å². The Morgan fingerprint density at radius 3 is 2.23 bits per heavy atom. The second-order valence-corrected chi connectivity index (χ2v) is 7.71. The fourth-order valence-electron chi connectivity index (χ4n) is 3.87. The highest BCUT2D eigenvalue weighted by Crippen LogP contribution is 2.22. The van der Waals surface area contributed by atoms with Gasteiger partial charge in [-0.15, -0.1) is 0 Å². The van der Waals surface area contributed by atoms with E-state index < -0.39 is 0 Å². The summed E-state index contributed by atoms with van der Waals surface area (Å²) in [5.74, 6) is 0. The molecule has 4 heteroatoms. The molecule has 0 aromatic heterocycles. The molecule has 2 heterocycles. The third-order valence-electron chi connectivity index (χ3n) is 5.35. The van der Waals surface area contributed by atoms with Crippen molar-refractivity contribution in [2.24, 2.45) is 0 Å². The van der Waals surface area contributed by atoms with E-state index >= 15 is 0 Å². The third-order valence-corrected chi connectivity index (χ3v) is 5.35. The Morgan fingerprint density at radius 1 is 0.909 bits per heavy atom. The fourth-order valence-corrected chi connectivity index (χ4v) is 3.87. The van der Waals surface area contributed by atoms with E-state index in [1.807, 2.05) is 0 Å². The lowest BCUT2D eigenvalue weighted by atomic mass is 10.0. The van der Waals surface area contributed by atoms with E-state index in [9.17, 15) is 0 Å². The van der Waals surface area contributed by atoms with Crippen LogP contribution in [-0.2, 0) is 9.47 Å². The van der Waals surface area contributed by atoms with E-state index in [2.05, 4.69) is 51.3 Å². The quantitative estimate of drug-likeness (QED) is 0.779. The summed E-state index contributed by atoms with van der Waals surface area (Å²) >= 11 is 0. The van der Waals surface area contributed by atoms with Crippen LogP contribution in [-0.4, -0.2) is 72.5 Å². The van der Waals surface area contributed by atoms with Crippen LogP contribution in [0.15, 0.2) is 0 Å². The lowest BCUT2D eigenvalue weighted by molar-refractivity contribution is -0.0828. The van der Waals surface area contributed by atoms with Crippen LogP contribution in [0.4, 0.5) is 0 Å². The monoisotopic (exact) mass is 312 g/mol. The Hall–Kier alpha value is -0.160. The largest absolute Gasteiger partial charge is 0.376 e. The van der Waals surface area contributed by atoms with E-state index in [1.165, 1.54) is 6.42 Å². The van der Waals surface area contributed by atoms with Crippen molar-refractivity contribution in [2.75, 3.05) is 26.3 Å². The van der Waals surface area contributed by atoms with Gasteiger partial charge in [0.25, 0.3) is 0 Å². The summed E-state index contributed by atoms with van der Waals surface area (Å²) in [6.07, 6.45) is 3.13. The normalized spacial score (nSPS) is 36.7. The molecule has 0 aromatic rings. The van der Waals surface area contributed by atoms with Crippen LogP contribution in [0.1, 0.15) is 54.4 Å². The Bertz CT molecular complexity index is 337. The highest BCUT2D eigenvalue weighted by Gasteiger charge is 2.30. The number of hydrogen-bond acceptors (Lipinski definition) is 4. The van der Waals surface area contributed by atoms with Crippen LogP contribution in [0.2, 0.25) is 0 Å². The van der Waals surface area contributed by atoms with Gasteiger partial charge in [0.05, 0.1) is 25.4 Å². The van der Waals surface area contributed by atoms with Crippen LogP contribution >= 0.6 is 0 Å². The molecule has 0 bridgehead atoms. The van der Waals surface area contributed by atoms with E-state index in [1.54, 1.807) is 0 Å². The Balaban J connectivity index is 1.79. The van der Waals surface area contributed by atoms with Gasteiger partial charge in [-0.05, 0) is 54.4 Å². The maximum atomic E-state index is 6.07. The summed E-state index contributed by atoms with van der Waals surface area (Å²) in [6, 6.07) is 2.30. The van der Waals surface area contributed by atoms with Crippen molar-refractivity contribution >= 4 is 0 Å². The minimum Gasteiger partial charge on any atom is -0.376 e. The summed E-state index contributed by atoms with van der Waals surface area (Å²) in [7, 11) is 0. The lowest BCUT2D eigenvalue weighted by Crippen LogP contribution is -2.53. The first-order valence-electron chi connectivity index (χ1n) is 9.13. The molecule has 22 heavy (non-hydrogen) atoms. The number of morpholine rings is 2. The molecule has 0 radical (unpaired) electrons. The fraction of sp³-hybridized carbons (Fsp3) is 1.00. The van der Waals surface area contributed by atoms with E-state index in [4.69, 9.17) is 9.47 Å². The predicted molar refractivity (Wildman–Crippen MR) is 91.3 cm³/mol. The van der Waals surface area contributed by atoms with Crippen molar-refractivity contribution < 1.29 is 9.47 Å². The third kappa shape index (κ3) is 4.67. The Kier molecular flexibility index (Phi) is 6.69. The molecule has 5 atom stereocenters. The Labute approximate surface area is 137 Å². The highest BCUT2D eigenvalue weighted by molar-refractivity contribution is 4.83. The summed E-state index contributed by atoms with van der Waals surface area (Å²) in [5.41, 5.74) is 0. The minimum absolute atomic E-state index is 0.363. The minimum atomic E-state index is 0.363. The summed E-state index contributed by atoms with van der Waals surface area (Å²) < 4.78 is 11.8. The molecule has 0 amide bonds. The molecule has 2 aliphatic rings. The molecule has 130 valence electrons. The van der Waals surface area contributed by atoms with Gasteiger partial charge in [-0.3, -0.25) is 9.80 Å². The average molecular weight is 312 g/mol. The van der Waals surface area contributed by atoms with Gasteiger partial charge >= 0.3 is 0 Å². The molecule has 0 spiro atoms. The zero-order valence-corrected chi connectivity index (χ0v) is 15.4. The van der Waals surface area contributed by atoms with Gasteiger partial charge < -0.3 is 9.47 Å². The molecule has 2 saturated heterocycles. The Morgan fingerprint density at radius 2 is 1.55 bits per heavy atom. The first-order valence-corrected chi connectivity index (χ1v) is 9.13. The van der Waals surface area contributed by atoms with Gasteiger partial charge in [0, 0.05) is 37.3 Å². The van der Waals surface area contributed by atoms with Crippen molar-refractivity contribution in [3.8, 4) is 0 Å². The molecule has 0 aromatic carbocycles.